The van der Waals surface area contributed by atoms with Crippen LogP contribution in [0.4, 0.5) is 0 Å². The Hall–Kier alpha value is -3.64. The molecular formula is C24H17NO5. The van der Waals surface area contributed by atoms with Gasteiger partial charge in [0.2, 0.25) is 17.2 Å². The number of Topliss-reactive ketones (excluding diaryl/α,β-unsaturated/α-hetero) is 2. The average molecular weight is 399 g/mol. The van der Waals surface area contributed by atoms with Gasteiger partial charge in [-0.3, -0.25) is 19.7 Å². The molecule has 148 valence electrons. The molecule has 3 atom stereocenters. The number of fused-ring (bicyclic) bond motifs is 1. The molecule has 1 spiro atoms. The predicted molar refractivity (Wildman–Crippen MR) is 108 cm³/mol. The number of carbonyl (C=O) groups is 2. The minimum Gasteiger partial charge on any atom is -0.342 e. The third-order valence-electron chi connectivity index (χ3n) is 6.02. The quantitative estimate of drug-likeness (QED) is 0.377. The van der Waals surface area contributed by atoms with Crippen LogP contribution in [0.25, 0.3) is 0 Å². The number of nitro groups is 1. The molecule has 1 saturated heterocycles. The fraction of sp³-hybridized carbons (Fsp3) is 0.167. The summed E-state index contributed by atoms with van der Waals surface area (Å²) < 4.78 is 6.20. The summed E-state index contributed by atoms with van der Waals surface area (Å²) in [6.07, 6.45) is -1.03. The number of nitrogens with zero attached hydrogens (tertiary/aromatic N) is 1. The summed E-state index contributed by atoms with van der Waals surface area (Å²) in [6.45, 7) is 0. The molecule has 3 aromatic rings. The minimum atomic E-state index is -1.96. The highest BCUT2D eigenvalue weighted by Gasteiger charge is 2.71. The van der Waals surface area contributed by atoms with Crippen LogP contribution in [0.2, 0.25) is 0 Å². The van der Waals surface area contributed by atoms with Gasteiger partial charge in [0, 0.05) is 16.1 Å². The van der Waals surface area contributed by atoms with Crippen molar-refractivity contribution in [3.63, 3.8) is 0 Å². The molecule has 6 nitrogen and oxygen atoms in total. The van der Waals surface area contributed by atoms with Crippen LogP contribution in [0.5, 0.6) is 0 Å². The van der Waals surface area contributed by atoms with Crippen molar-refractivity contribution < 1.29 is 19.2 Å². The molecule has 30 heavy (non-hydrogen) atoms. The summed E-state index contributed by atoms with van der Waals surface area (Å²) >= 11 is 0. The normalized spacial score (nSPS) is 24.2. The summed E-state index contributed by atoms with van der Waals surface area (Å²) in [5.74, 6) is -2.07. The zero-order valence-corrected chi connectivity index (χ0v) is 15.8. The molecular weight excluding hydrogens is 382 g/mol. The molecule has 2 aliphatic rings. The maximum Gasteiger partial charge on any atom is 0.253 e. The Labute approximate surface area is 172 Å². The monoisotopic (exact) mass is 399 g/mol. The van der Waals surface area contributed by atoms with Gasteiger partial charge in [0.05, 0.1) is 5.92 Å². The molecule has 1 fully saturated rings. The Bertz CT molecular complexity index is 1120. The Kier molecular flexibility index (Phi) is 4.11. The highest BCUT2D eigenvalue weighted by atomic mass is 16.6. The standard InChI is InChI=1S/C24H17NO5/c26-22-17-13-7-8-14-18(17)23(27)24(22)19(15-9-3-1-4-10-15)20(25(28)29)21(30-24)16-11-5-2-6-12-16/h1-14,19-21H/t19-,20+,21+/m0/s1. The molecule has 0 N–H and O–H groups in total. The van der Waals surface area contributed by atoms with Crippen molar-refractivity contribution in [2.75, 3.05) is 0 Å². The second kappa shape index (κ2) is 6.71. The highest BCUT2D eigenvalue weighted by molar-refractivity contribution is 6.33. The van der Waals surface area contributed by atoms with E-state index in [1.54, 1.807) is 84.9 Å². The molecule has 0 aromatic heterocycles. The van der Waals surface area contributed by atoms with E-state index >= 15 is 0 Å². The smallest absolute Gasteiger partial charge is 0.253 e. The number of carbonyl (C=O) groups excluding carboxylic acids is 2. The van der Waals surface area contributed by atoms with E-state index in [1.165, 1.54) is 0 Å². The van der Waals surface area contributed by atoms with E-state index in [0.29, 0.717) is 11.1 Å². The second-order valence-electron chi connectivity index (χ2n) is 7.55. The summed E-state index contributed by atoms with van der Waals surface area (Å²) in [6, 6.07) is 22.7. The van der Waals surface area contributed by atoms with Crippen molar-refractivity contribution in [3.8, 4) is 0 Å². The van der Waals surface area contributed by atoms with Crippen LogP contribution >= 0.6 is 0 Å². The van der Waals surface area contributed by atoms with E-state index in [0.717, 1.165) is 0 Å². The minimum absolute atomic E-state index is 0.249. The summed E-state index contributed by atoms with van der Waals surface area (Å²) in [5, 5.41) is 12.3. The molecule has 1 aliphatic carbocycles. The van der Waals surface area contributed by atoms with E-state index in [9.17, 15) is 19.7 Å². The Balaban J connectivity index is 1.77. The first-order valence-electron chi connectivity index (χ1n) is 9.65. The Morgan fingerprint density at radius 1 is 0.733 bits per heavy atom. The zero-order chi connectivity index (χ0) is 20.9. The summed E-state index contributed by atoms with van der Waals surface area (Å²) in [5.41, 5.74) is -0.359. The lowest BCUT2D eigenvalue weighted by Gasteiger charge is -2.26. The molecule has 0 amide bonds. The topological polar surface area (TPSA) is 86.5 Å². The van der Waals surface area contributed by atoms with Gasteiger partial charge in [-0.1, -0.05) is 84.9 Å². The van der Waals surface area contributed by atoms with Gasteiger partial charge in [-0.05, 0) is 11.1 Å². The number of hydrogen-bond acceptors (Lipinski definition) is 5. The van der Waals surface area contributed by atoms with Crippen LogP contribution in [-0.2, 0) is 4.74 Å². The number of rotatable bonds is 3. The van der Waals surface area contributed by atoms with E-state index in [2.05, 4.69) is 0 Å². The molecule has 3 aromatic carbocycles. The number of benzene rings is 3. The molecule has 0 bridgehead atoms. The third kappa shape index (κ3) is 2.40. The van der Waals surface area contributed by atoms with Gasteiger partial charge in [-0.25, -0.2) is 0 Å². The van der Waals surface area contributed by atoms with Gasteiger partial charge in [-0.15, -0.1) is 0 Å². The van der Waals surface area contributed by atoms with Crippen molar-refractivity contribution in [1.29, 1.82) is 0 Å². The van der Waals surface area contributed by atoms with Gasteiger partial charge in [-0.2, -0.15) is 0 Å². The molecule has 0 unspecified atom stereocenters. The van der Waals surface area contributed by atoms with Crippen LogP contribution in [0.3, 0.4) is 0 Å². The van der Waals surface area contributed by atoms with Crippen LogP contribution in [0.15, 0.2) is 84.9 Å². The summed E-state index contributed by atoms with van der Waals surface area (Å²) in [7, 11) is 0. The fourth-order valence-corrected chi connectivity index (χ4v) is 4.76. The SMILES string of the molecule is O=C1c2ccccc2C(=O)C12O[C@H](c1ccccc1)[C@H]([N+](=O)[O-])[C@@H]2c1ccccc1. The van der Waals surface area contributed by atoms with E-state index in [-0.39, 0.29) is 11.1 Å². The largest absolute Gasteiger partial charge is 0.342 e. The lowest BCUT2D eigenvalue weighted by molar-refractivity contribution is -0.531. The lowest BCUT2D eigenvalue weighted by Crippen LogP contribution is -2.48. The maximum absolute atomic E-state index is 13.6. The zero-order valence-electron chi connectivity index (χ0n) is 15.8. The first kappa shape index (κ1) is 18.4. The van der Waals surface area contributed by atoms with Gasteiger partial charge in [0.25, 0.3) is 6.04 Å². The first-order chi connectivity index (χ1) is 14.6. The average Bonchev–Trinajstić information content (AvgIpc) is 3.26. The van der Waals surface area contributed by atoms with E-state index in [4.69, 9.17) is 4.74 Å². The number of ketones is 2. The molecule has 0 radical (unpaired) electrons. The second-order valence-corrected chi connectivity index (χ2v) is 7.55. The third-order valence-corrected chi connectivity index (χ3v) is 6.02. The molecule has 0 saturated carbocycles. The van der Waals surface area contributed by atoms with Crippen LogP contribution in [-0.4, -0.2) is 28.1 Å². The molecule has 1 aliphatic heterocycles. The Morgan fingerprint density at radius 2 is 1.20 bits per heavy atom. The lowest BCUT2D eigenvalue weighted by atomic mass is 9.75. The maximum atomic E-state index is 13.6. The van der Waals surface area contributed by atoms with Crippen molar-refractivity contribution >= 4 is 11.6 Å². The van der Waals surface area contributed by atoms with Crippen LogP contribution in [0, 0.1) is 10.1 Å². The number of ether oxygens (including phenoxy) is 1. The van der Waals surface area contributed by atoms with Crippen molar-refractivity contribution in [1.82, 2.24) is 0 Å². The van der Waals surface area contributed by atoms with Crippen molar-refractivity contribution in [3.05, 3.63) is 117 Å². The Morgan fingerprint density at radius 3 is 1.70 bits per heavy atom. The van der Waals surface area contributed by atoms with Crippen molar-refractivity contribution in [2.45, 2.75) is 23.7 Å². The first-order valence-corrected chi connectivity index (χ1v) is 9.65. The van der Waals surface area contributed by atoms with Gasteiger partial charge in [0.15, 0.2) is 6.10 Å². The number of hydrogen-bond donors (Lipinski definition) is 0. The van der Waals surface area contributed by atoms with Gasteiger partial charge in [0.1, 0.15) is 0 Å². The molecule has 5 rings (SSSR count). The van der Waals surface area contributed by atoms with Crippen LogP contribution in [0.1, 0.15) is 43.9 Å². The van der Waals surface area contributed by atoms with Gasteiger partial charge < -0.3 is 4.74 Å². The van der Waals surface area contributed by atoms with E-state index in [1.807, 2.05) is 0 Å². The van der Waals surface area contributed by atoms with Crippen LogP contribution < -0.4 is 0 Å². The molecule has 1 heterocycles. The fourth-order valence-electron chi connectivity index (χ4n) is 4.76. The van der Waals surface area contributed by atoms with Gasteiger partial charge >= 0.3 is 0 Å². The molecule has 6 heteroatoms. The summed E-state index contributed by atoms with van der Waals surface area (Å²) in [4.78, 5) is 39.1. The van der Waals surface area contributed by atoms with Crippen molar-refractivity contribution in [2.24, 2.45) is 0 Å². The van der Waals surface area contributed by atoms with E-state index < -0.39 is 40.2 Å². The predicted octanol–water partition coefficient (Wildman–Crippen LogP) is 4.01. The highest BCUT2D eigenvalue weighted by Crippen LogP contribution is 2.55.